The summed E-state index contributed by atoms with van der Waals surface area (Å²) in [7, 11) is 0. The molecule has 0 radical (unpaired) electrons. The maximum absolute atomic E-state index is 11.8. The number of hydrogen-bond donors (Lipinski definition) is 0. The zero-order valence-corrected chi connectivity index (χ0v) is 16.1. The van der Waals surface area contributed by atoms with Crippen molar-refractivity contribution in [3.05, 3.63) is 12.2 Å². The van der Waals surface area contributed by atoms with Crippen LogP contribution < -0.4 is 0 Å². The van der Waals surface area contributed by atoms with Crippen molar-refractivity contribution in [2.45, 2.75) is 104 Å². The van der Waals surface area contributed by atoms with Gasteiger partial charge < -0.3 is 4.74 Å². The van der Waals surface area contributed by atoms with Crippen LogP contribution in [0.3, 0.4) is 0 Å². The van der Waals surface area contributed by atoms with Crippen molar-refractivity contribution < 1.29 is 14.3 Å². The van der Waals surface area contributed by atoms with E-state index in [1.54, 1.807) is 13.0 Å². The van der Waals surface area contributed by atoms with Crippen molar-refractivity contribution in [1.82, 2.24) is 0 Å². The first-order valence-corrected chi connectivity index (χ1v) is 9.74. The molecule has 0 amide bonds. The molecule has 0 aromatic rings. The highest BCUT2D eigenvalue weighted by Gasteiger charge is 2.38. The predicted octanol–water partition coefficient (Wildman–Crippen LogP) is 5.42. The van der Waals surface area contributed by atoms with E-state index in [9.17, 15) is 9.59 Å². The first-order chi connectivity index (χ1) is 11.4. The van der Waals surface area contributed by atoms with Gasteiger partial charge in [-0.25, -0.2) is 0 Å². The van der Waals surface area contributed by atoms with Gasteiger partial charge in [0.2, 0.25) is 0 Å². The van der Waals surface area contributed by atoms with Crippen LogP contribution in [0.25, 0.3) is 0 Å². The number of ether oxygens (including phenoxy) is 1. The van der Waals surface area contributed by atoms with Gasteiger partial charge in [0.05, 0.1) is 6.10 Å². The average molecular weight is 337 g/mol. The maximum atomic E-state index is 11.8. The Labute approximate surface area is 148 Å². The van der Waals surface area contributed by atoms with Crippen molar-refractivity contribution in [3.63, 3.8) is 0 Å². The molecule has 0 aliphatic carbocycles. The van der Waals surface area contributed by atoms with E-state index in [1.165, 1.54) is 32.1 Å². The number of rotatable bonds is 14. The van der Waals surface area contributed by atoms with E-state index in [2.05, 4.69) is 6.92 Å². The van der Waals surface area contributed by atoms with Crippen LogP contribution >= 0.6 is 0 Å². The van der Waals surface area contributed by atoms with Crippen LogP contribution in [0.5, 0.6) is 0 Å². The Balaban J connectivity index is 2.07. The summed E-state index contributed by atoms with van der Waals surface area (Å²) in [5, 5.41) is 0. The third-order valence-electron chi connectivity index (χ3n) is 5.13. The molecule has 0 bridgehead atoms. The zero-order valence-electron chi connectivity index (χ0n) is 16.1. The number of hydrogen-bond acceptors (Lipinski definition) is 3. The van der Waals surface area contributed by atoms with Crippen LogP contribution in [0.4, 0.5) is 0 Å². The topological polar surface area (TPSA) is 46.7 Å². The van der Waals surface area contributed by atoms with Gasteiger partial charge in [0.15, 0.2) is 5.78 Å². The second kappa shape index (κ2) is 10.8. The Hall–Kier alpha value is -0.960. The molecule has 1 fully saturated rings. The third kappa shape index (κ3) is 8.77. The van der Waals surface area contributed by atoms with E-state index in [1.807, 2.05) is 19.9 Å². The number of epoxide rings is 1. The minimum absolute atomic E-state index is 0.0748. The molecule has 3 heteroatoms. The van der Waals surface area contributed by atoms with Gasteiger partial charge in [-0.2, -0.15) is 0 Å². The Morgan fingerprint density at radius 2 is 1.67 bits per heavy atom. The molecule has 3 nitrogen and oxygen atoms in total. The molecule has 2 atom stereocenters. The summed E-state index contributed by atoms with van der Waals surface area (Å²) in [6.45, 7) is 7.83. The van der Waals surface area contributed by atoms with E-state index in [0.717, 1.165) is 25.7 Å². The zero-order chi connectivity index (χ0) is 18.0. The van der Waals surface area contributed by atoms with Gasteiger partial charge in [-0.3, -0.25) is 9.59 Å². The van der Waals surface area contributed by atoms with Crippen LogP contribution in [0.15, 0.2) is 12.2 Å². The minimum Gasteiger partial charge on any atom is -0.365 e. The minimum atomic E-state index is -0.271. The molecule has 0 aromatic carbocycles. The third-order valence-corrected chi connectivity index (χ3v) is 5.13. The summed E-state index contributed by atoms with van der Waals surface area (Å²) in [6.07, 6.45) is 14.9. The molecule has 1 aliphatic rings. The molecule has 1 heterocycles. The summed E-state index contributed by atoms with van der Waals surface area (Å²) in [5.41, 5.74) is -0.271. The molecule has 1 aliphatic heterocycles. The highest BCUT2D eigenvalue weighted by Crippen LogP contribution is 2.33. The van der Waals surface area contributed by atoms with Crippen molar-refractivity contribution >= 4 is 11.6 Å². The lowest BCUT2D eigenvalue weighted by atomic mass is 9.83. The lowest BCUT2D eigenvalue weighted by Gasteiger charge is -2.19. The molecule has 0 aromatic heterocycles. The summed E-state index contributed by atoms with van der Waals surface area (Å²) < 4.78 is 5.57. The molecule has 1 rings (SSSR count). The van der Waals surface area contributed by atoms with E-state index in [0.29, 0.717) is 6.42 Å². The Morgan fingerprint density at radius 1 is 1.04 bits per heavy atom. The molecular weight excluding hydrogens is 300 g/mol. The first-order valence-electron chi connectivity index (χ1n) is 9.74. The summed E-state index contributed by atoms with van der Waals surface area (Å²) in [6, 6.07) is 0. The standard InChI is InChI=1S/C21H36O3/c1-5-6-7-8-9-10-11-12-18(23)13-14-19-20(24-19)15-16-21(3,4)17(2)22/h13-14,19-20H,5-12,15-16H2,1-4H3/b14-13+. The van der Waals surface area contributed by atoms with Crippen molar-refractivity contribution in [1.29, 1.82) is 0 Å². The smallest absolute Gasteiger partial charge is 0.155 e. The number of Topliss-reactive ketones (excluding diaryl/α,β-unsaturated/α-hetero) is 1. The Morgan fingerprint density at radius 3 is 2.29 bits per heavy atom. The fourth-order valence-electron chi connectivity index (χ4n) is 2.78. The van der Waals surface area contributed by atoms with Crippen LogP contribution in [0.2, 0.25) is 0 Å². The normalized spacial score (nSPS) is 20.5. The Kier molecular flexibility index (Phi) is 9.50. The van der Waals surface area contributed by atoms with Crippen LogP contribution in [0, 0.1) is 5.41 Å². The van der Waals surface area contributed by atoms with Crippen LogP contribution in [-0.4, -0.2) is 23.8 Å². The fraction of sp³-hybridized carbons (Fsp3) is 0.810. The Bertz CT molecular complexity index is 423. The molecule has 0 N–H and O–H groups in total. The lowest BCUT2D eigenvalue weighted by Crippen LogP contribution is -2.21. The van der Waals surface area contributed by atoms with Crippen molar-refractivity contribution in [2.24, 2.45) is 5.41 Å². The number of unbranched alkanes of at least 4 members (excludes halogenated alkanes) is 6. The van der Waals surface area contributed by atoms with E-state index in [-0.39, 0.29) is 29.2 Å². The average Bonchev–Trinajstić information content (AvgIpc) is 3.28. The maximum Gasteiger partial charge on any atom is 0.155 e. The molecule has 1 saturated heterocycles. The van der Waals surface area contributed by atoms with Crippen molar-refractivity contribution in [3.8, 4) is 0 Å². The monoisotopic (exact) mass is 336 g/mol. The quantitative estimate of drug-likeness (QED) is 0.242. The van der Waals surface area contributed by atoms with Crippen molar-refractivity contribution in [2.75, 3.05) is 0 Å². The highest BCUT2D eigenvalue weighted by atomic mass is 16.6. The lowest BCUT2D eigenvalue weighted by molar-refractivity contribution is -0.125. The number of ketones is 2. The van der Waals surface area contributed by atoms with Gasteiger partial charge in [-0.15, -0.1) is 0 Å². The number of allylic oxidation sites excluding steroid dienone is 1. The van der Waals surface area contributed by atoms with E-state index in [4.69, 9.17) is 4.74 Å². The number of carbonyl (C=O) groups is 2. The summed E-state index contributed by atoms with van der Waals surface area (Å²) >= 11 is 0. The van der Waals surface area contributed by atoms with Gasteiger partial charge >= 0.3 is 0 Å². The molecule has 2 unspecified atom stereocenters. The second-order valence-electron chi connectivity index (χ2n) is 7.81. The van der Waals surface area contributed by atoms with E-state index < -0.39 is 0 Å². The largest absolute Gasteiger partial charge is 0.365 e. The number of carbonyl (C=O) groups excluding carboxylic acids is 2. The molecule has 0 spiro atoms. The van der Waals surface area contributed by atoms with Gasteiger partial charge in [0.1, 0.15) is 11.9 Å². The molecule has 138 valence electrons. The van der Waals surface area contributed by atoms with Crippen LogP contribution in [-0.2, 0) is 14.3 Å². The SMILES string of the molecule is CCCCCCCCCC(=O)/C=C/C1OC1CCC(C)(C)C(C)=O. The van der Waals surface area contributed by atoms with Crippen LogP contribution in [0.1, 0.15) is 91.9 Å². The molecule has 0 saturated carbocycles. The summed E-state index contributed by atoms with van der Waals surface area (Å²) in [4.78, 5) is 23.3. The van der Waals surface area contributed by atoms with E-state index >= 15 is 0 Å². The predicted molar refractivity (Wildman–Crippen MR) is 99.1 cm³/mol. The van der Waals surface area contributed by atoms with Gasteiger partial charge in [-0.05, 0) is 38.3 Å². The highest BCUT2D eigenvalue weighted by molar-refractivity contribution is 5.89. The van der Waals surface area contributed by atoms with Gasteiger partial charge in [0.25, 0.3) is 0 Å². The fourth-order valence-corrected chi connectivity index (χ4v) is 2.78. The molecular formula is C21H36O3. The van der Waals surface area contributed by atoms with Gasteiger partial charge in [-0.1, -0.05) is 59.3 Å². The second-order valence-corrected chi connectivity index (χ2v) is 7.81. The van der Waals surface area contributed by atoms with Gasteiger partial charge in [0, 0.05) is 11.8 Å². The molecule has 24 heavy (non-hydrogen) atoms. The first kappa shape index (κ1) is 21.1. The summed E-state index contributed by atoms with van der Waals surface area (Å²) in [5.74, 6) is 0.432.